The molecule has 4 atom stereocenters. The van der Waals surface area contributed by atoms with Crippen LogP contribution in [0.1, 0.15) is 41.0 Å². The van der Waals surface area contributed by atoms with E-state index < -0.39 is 0 Å². The van der Waals surface area contributed by atoms with Crippen molar-refractivity contribution in [1.82, 2.24) is 0 Å². The smallest absolute Gasteiger partial charge is 0.0705 e. The lowest BCUT2D eigenvalue weighted by atomic mass is 9.75. The highest BCUT2D eigenvalue weighted by Gasteiger charge is 2.50. The summed E-state index contributed by atoms with van der Waals surface area (Å²) in [4.78, 5) is 2.69. The number of anilines is 2. The summed E-state index contributed by atoms with van der Waals surface area (Å²) in [6, 6.07) is 32.0. The maximum Gasteiger partial charge on any atom is 0.0705 e. The summed E-state index contributed by atoms with van der Waals surface area (Å²) in [6.07, 6.45) is 9.68. The highest BCUT2D eigenvalue weighted by molar-refractivity contribution is 7.26. The summed E-state index contributed by atoms with van der Waals surface area (Å²) in [5.41, 5.74) is 11.6. The number of benzene rings is 4. The molecule has 9 rings (SSSR count). The van der Waals surface area contributed by atoms with E-state index in [-0.39, 0.29) is 6.04 Å². The van der Waals surface area contributed by atoms with Crippen LogP contribution in [-0.4, -0.2) is 6.04 Å². The molecule has 3 aliphatic carbocycles. The molecule has 4 aromatic carbocycles. The van der Waals surface area contributed by atoms with Gasteiger partial charge in [0.1, 0.15) is 0 Å². The van der Waals surface area contributed by atoms with Gasteiger partial charge in [-0.1, -0.05) is 104 Å². The lowest BCUT2D eigenvalue weighted by Crippen LogP contribution is -2.34. The topological polar surface area (TPSA) is 3.24 Å². The summed E-state index contributed by atoms with van der Waals surface area (Å²) >= 11 is 1.93. The average molecular weight is 492 g/mol. The van der Waals surface area contributed by atoms with Gasteiger partial charge in [0.2, 0.25) is 0 Å². The van der Waals surface area contributed by atoms with Gasteiger partial charge in [0.25, 0.3) is 0 Å². The van der Waals surface area contributed by atoms with Crippen molar-refractivity contribution in [2.24, 2.45) is 5.92 Å². The Balaban J connectivity index is 1.33. The quantitative estimate of drug-likeness (QED) is 0.226. The average Bonchev–Trinajstić information content (AvgIpc) is 3.59. The zero-order valence-electron chi connectivity index (χ0n) is 20.6. The fourth-order valence-electron chi connectivity index (χ4n) is 7.69. The SMILES string of the molecule is CC1C=Cc2cccc3c2C1C1=CC=C2c4ccccc4N(c4cccc5c4sc4ccccc45)C2C13. The number of rotatable bonds is 1. The zero-order chi connectivity index (χ0) is 24.2. The second-order valence-electron chi connectivity index (χ2n) is 10.9. The molecule has 5 aromatic rings. The molecule has 4 unspecified atom stereocenters. The predicted molar refractivity (Wildman–Crippen MR) is 158 cm³/mol. The monoisotopic (exact) mass is 491 g/mol. The first kappa shape index (κ1) is 20.2. The van der Waals surface area contributed by atoms with Gasteiger partial charge in [-0.2, -0.15) is 0 Å². The van der Waals surface area contributed by atoms with Crippen LogP contribution in [0.3, 0.4) is 0 Å². The van der Waals surface area contributed by atoms with Gasteiger partial charge < -0.3 is 4.90 Å². The molecule has 176 valence electrons. The van der Waals surface area contributed by atoms with Crippen LogP contribution < -0.4 is 4.90 Å². The molecule has 4 aliphatic rings. The summed E-state index contributed by atoms with van der Waals surface area (Å²) in [7, 11) is 0. The van der Waals surface area contributed by atoms with E-state index in [0.29, 0.717) is 17.8 Å². The molecule has 0 bridgehead atoms. The van der Waals surface area contributed by atoms with E-state index in [4.69, 9.17) is 0 Å². The Bertz CT molecular complexity index is 1880. The second-order valence-corrected chi connectivity index (χ2v) is 11.9. The highest BCUT2D eigenvalue weighted by Crippen LogP contribution is 2.62. The van der Waals surface area contributed by atoms with Crippen LogP contribution in [0.15, 0.2) is 109 Å². The molecular formula is C35H25NS. The first-order valence-corrected chi connectivity index (χ1v) is 14.1. The number of allylic oxidation sites excluding steroid dienone is 3. The van der Waals surface area contributed by atoms with E-state index in [0.717, 1.165) is 0 Å². The van der Waals surface area contributed by atoms with Crippen molar-refractivity contribution in [2.75, 3.05) is 4.90 Å². The number of hydrogen-bond donors (Lipinski definition) is 0. The van der Waals surface area contributed by atoms with E-state index in [2.05, 4.69) is 121 Å². The van der Waals surface area contributed by atoms with Crippen molar-refractivity contribution < 1.29 is 0 Å². The molecule has 1 aliphatic heterocycles. The van der Waals surface area contributed by atoms with Crippen molar-refractivity contribution in [3.63, 3.8) is 0 Å². The van der Waals surface area contributed by atoms with Crippen molar-refractivity contribution in [2.45, 2.75) is 24.8 Å². The summed E-state index contributed by atoms with van der Waals surface area (Å²) in [5, 5.41) is 2.72. The Morgan fingerprint density at radius 1 is 0.730 bits per heavy atom. The third-order valence-electron chi connectivity index (χ3n) is 9.13. The van der Waals surface area contributed by atoms with Crippen LogP contribution >= 0.6 is 11.3 Å². The number of hydrogen-bond acceptors (Lipinski definition) is 2. The van der Waals surface area contributed by atoms with Gasteiger partial charge in [-0.15, -0.1) is 11.3 Å². The molecule has 1 nitrogen and oxygen atoms in total. The number of nitrogens with zero attached hydrogens (tertiary/aromatic N) is 1. The maximum atomic E-state index is 2.69. The normalized spacial score (nSPS) is 24.5. The molecule has 0 amide bonds. The summed E-state index contributed by atoms with van der Waals surface area (Å²) in [6.45, 7) is 2.39. The van der Waals surface area contributed by atoms with Gasteiger partial charge in [-0.05, 0) is 46.4 Å². The molecule has 37 heavy (non-hydrogen) atoms. The molecule has 0 N–H and O–H groups in total. The van der Waals surface area contributed by atoms with Crippen LogP contribution in [0.2, 0.25) is 0 Å². The lowest BCUT2D eigenvalue weighted by molar-refractivity contribution is 0.589. The van der Waals surface area contributed by atoms with E-state index in [9.17, 15) is 0 Å². The minimum absolute atomic E-state index is 0.262. The highest BCUT2D eigenvalue weighted by atomic mass is 32.1. The number of fused-ring (bicyclic) bond motifs is 10. The minimum atomic E-state index is 0.262. The Hall–Kier alpha value is -3.88. The summed E-state index contributed by atoms with van der Waals surface area (Å²) in [5.74, 6) is 1.35. The second kappa shape index (κ2) is 7.12. The van der Waals surface area contributed by atoms with E-state index in [1.165, 1.54) is 53.8 Å². The van der Waals surface area contributed by atoms with E-state index in [1.54, 1.807) is 11.1 Å². The van der Waals surface area contributed by atoms with Gasteiger partial charge in [0.05, 0.1) is 16.4 Å². The Morgan fingerprint density at radius 3 is 2.51 bits per heavy atom. The molecular weight excluding hydrogens is 466 g/mol. The molecule has 0 fully saturated rings. The molecule has 1 aromatic heterocycles. The van der Waals surface area contributed by atoms with Crippen molar-refractivity contribution >= 4 is 54.5 Å². The van der Waals surface area contributed by atoms with Crippen molar-refractivity contribution in [3.8, 4) is 0 Å². The number of para-hydroxylation sites is 1. The van der Waals surface area contributed by atoms with Crippen LogP contribution in [-0.2, 0) is 0 Å². The summed E-state index contributed by atoms with van der Waals surface area (Å²) < 4.78 is 2.75. The first-order chi connectivity index (χ1) is 18.3. The molecule has 0 saturated carbocycles. The lowest BCUT2D eigenvalue weighted by Gasteiger charge is -2.36. The van der Waals surface area contributed by atoms with Crippen LogP contribution in [0.4, 0.5) is 11.4 Å². The fourth-order valence-corrected chi connectivity index (χ4v) is 8.90. The molecule has 0 spiro atoms. The van der Waals surface area contributed by atoms with Crippen molar-refractivity contribution in [1.29, 1.82) is 0 Å². The van der Waals surface area contributed by atoms with Gasteiger partial charge in [-0.3, -0.25) is 0 Å². The third-order valence-corrected chi connectivity index (χ3v) is 10.3. The molecule has 0 saturated heterocycles. The minimum Gasteiger partial charge on any atom is -0.331 e. The Morgan fingerprint density at radius 2 is 1.54 bits per heavy atom. The number of thiophene rings is 1. The van der Waals surface area contributed by atoms with Crippen LogP contribution in [0, 0.1) is 5.92 Å². The predicted octanol–water partition coefficient (Wildman–Crippen LogP) is 9.44. The van der Waals surface area contributed by atoms with Crippen LogP contribution in [0.25, 0.3) is 31.8 Å². The molecule has 0 radical (unpaired) electrons. The largest absolute Gasteiger partial charge is 0.331 e. The Labute approximate surface area is 220 Å². The first-order valence-electron chi connectivity index (χ1n) is 13.3. The Kier molecular flexibility index (Phi) is 3.89. The van der Waals surface area contributed by atoms with Gasteiger partial charge in [0.15, 0.2) is 0 Å². The fraction of sp³-hybridized carbons (Fsp3) is 0.143. The van der Waals surface area contributed by atoms with Crippen molar-refractivity contribution in [3.05, 3.63) is 131 Å². The maximum absolute atomic E-state index is 2.69. The van der Waals surface area contributed by atoms with Gasteiger partial charge >= 0.3 is 0 Å². The molecule has 2 heterocycles. The van der Waals surface area contributed by atoms with Gasteiger partial charge in [0, 0.05) is 38.6 Å². The standard InChI is InChI=1S/C35H25NS/c1-20-16-17-21-8-6-12-26-32(21)31(20)27-19-18-24-22-9-2-4-13-28(22)36(34(24)33(26)27)29-14-7-11-25-23-10-3-5-15-30(23)37-35(25)29/h2-20,31,33-34H,1H3. The third kappa shape index (κ3) is 2.49. The van der Waals surface area contributed by atoms with E-state index in [1.807, 2.05) is 11.3 Å². The zero-order valence-corrected chi connectivity index (χ0v) is 21.4. The molecule has 2 heteroatoms. The van der Waals surface area contributed by atoms with E-state index >= 15 is 0 Å². The van der Waals surface area contributed by atoms with Crippen LogP contribution in [0.5, 0.6) is 0 Å². The van der Waals surface area contributed by atoms with Gasteiger partial charge in [-0.25, -0.2) is 0 Å².